The maximum absolute atomic E-state index is 12.3. The highest BCUT2D eigenvalue weighted by atomic mass is 32.2. The molecular weight excluding hydrogens is 254 g/mol. The lowest BCUT2D eigenvalue weighted by atomic mass is 10.4. The third kappa shape index (κ3) is 3.11. The van der Waals surface area contributed by atoms with Crippen molar-refractivity contribution in [3.63, 3.8) is 0 Å². The second kappa shape index (κ2) is 6.33. The number of nitrogens with zero attached hydrogens (tertiary/aromatic N) is 2. The van der Waals surface area contributed by atoms with Crippen LogP contribution >= 0.6 is 0 Å². The molecule has 0 amide bonds. The average molecular weight is 275 g/mol. The molecular formula is C11H21N3O3S. The molecule has 0 spiro atoms. The quantitative estimate of drug-likeness (QED) is 0.773. The van der Waals surface area contributed by atoms with Crippen molar-refractivity contribution in [1.82, 2.24) is 8.87 Å². The molecule has 1 aromatic rings. The lowest BCUT2D eigenvalue weighted by molar-refractivity contribution is 0.185. The number of likely N-dealkylation sites (N-methyl/N-ethyl adjacent to an activating group) is 1. The van der Waals surface area contributed by atoms with Crippen LogP contribution in [0.15, 0.2) is 17.2 Å². The number of sulfonamides is 1. The Labute approximate surface area is 108 Å². The largest absolute Gasteiger partial charge is 0.383 e. The van der Waals surface area contributed by atoms with Gasteiger partial charge in [0, 0.05) is 45.7 Å². The zero-order chi connectivity index (χ0) is 13.8. The number of aromatic nitrogens is 1. The van der Waals surface area contributed by atoms with E-state index in [1.165, 1.54) is 4.31 Å². The summed E-state index contributed by atoms with van der Waals surface area (Å²) in [6.07, 6.45) is 1.63. The summed E-state index contributed by atoms with van der Waals surface area (Å²) in [7, 11) is -0.373. The Morgan fingerprint density at radius 2 is 2.17 bits per heavy atom. The SMILES string of the molecule is CCn1cc(S(=O)(=O)N(C)CCOC)cc1CN. The lowest BCUT2D eigenvalue weighted by Crippen LogP contribution is -2.29. The minimum Gasteiger partial charge on any atom is -0.383 e. The molecule has 6 nitrogen and oxygen atoms in total. The fourth-order valence-electron chi connectivity index (χ4n) is 1.65. The van der Waals surface area contributed by atoms with Gasteiger partial charge in [-0.25, -0.2) is 8.42 Å². The van der Waals surface area contributed by atoms with Crippen LogP contribution in [-0.2, 0) is 27.8 Å². The van der Waals surface area contributed by atoms with Gasteiger partial charge in [-0.1, -0.05) is 0 Å². The van der Waals surface area contributed by atoms with Gasteiger partial charge in [0.05, 0.1) is 6.61 Å². The Balaban J connectivity index is 3.01. The number of hydrogen-bond acceptors (Lipinski definition) is 4. The Morgan fingerprint density at radius 3 is 2.61 bits per heavy atom. The lowest BCUT2D eigenvalue weighted by Gasteiger charge is -2.15. The predicted molar refractivity (Wildman–Crippen MR) is 69.7 cm³/mol. The number of nitrogens with two attached hydrogens (primary N) is 1. The minimum atomic E-state index is -3.46. The van der Waals surface area contributed by atoms with E-state index in [9.17, 15) is 8.42 Å². The molecule has 0 unspecified atom stereocenters. The molecule has 7 heteroatoms. The fourth-order valence-corrected chi connectivity index (χ4v) is 2.87. The van der Waals surface area contributed by atoms with Gasteiger partial charge in [-0.05, 0) is 13.0 Å². The van der Waals surface area contributed by atoms with E-state index in [1.807, 2.05) is 11.5 Å². The molecule has 18 heavy (non-hydrogen) atoms. The van der Waals surface area contributed by atoms with Crippen LogP contribution in [0.4, 0.5) is 0 Å². The number of ether oxygens (including phenoxy) is 1. The van der Waals surface area contributed by atoms with Crippen LogP contribution in [0, 0.1) is 0 Å². The summed E-state index contributed by atoms with van der Waals surface area (Å²) in [6, 6.07) is 1.63. The summed E-state index contributed by atoms with van der Waals surface area (Å²) in [5, 5.41) is 0. The second-order valence-corrected chi connectivity index (χ2v) is 6.02. The van der Waals surface area contributed by atoms with Crippen molar-refractivity contribution in [1.29, 1.82) is 0 Å². The zero-order valence-corrected chi connectivity index (χ0v) is 11.9. The van der Waals surface area contributed by atoms with E-state index in [4.69, 9.17) is 10.5 Å². The van der Waals surface area contributed by atoms with E-state index in [-0.39, 0.29) is 4.90 Å². The molecule has 0 aromatic carbocycles. The first-order valence-electron chi connectivity index (χ1n) is 5.81. The van der Waals surface area contributed by atoms with Crippen LogP contribution in [0.5, 0.6) is 0 Å². The fraction of sp³-hybridized carbons (Fsp3) is 0.636. The van der Waals surface area contributed by atoms with E-state index >= 15 is 0 Å². The molecule has 0 atom stereocenters. The van der Waals surface area contributed by atoms with Crippen molar-refractivity contribution in [3.8, 4) is 0 Å². The summed E-state index contributed by atoms with van der Waals surface area (Å²) in [5.41, 5.74) is 6.41. The predicted octanol–water partition coefficient (Wildman–Crippen LogP) is 0.234. The third-order valence-electron chi connectivity index (χ3n) is 2.83. The van der Waals surface area contributed by atoms with Gasteiger partial charge in [-0.3, -0.25) is 0 Å². The van der Waals surface area contributed by atoms with Crippen LogP contribution in [0.1, 0.15) is 12.6 Å². The zero-order valence-electron chi connectivity index (χ0n) is 11.1. The molecule has 104 valence electrons. The van der Waals surface area contributed by atoms with Crippen molar-refractivity contribution in [2.24, 2.45) is 5.73 Å². The molecule has 0 aliphatic rings. The molecule has 0 saturated carbocycles. The van der Waals surface area contributed by atoms with Gasteiger partial charge in [0.25, 0.3) is 0 Å². The standard InChI is InChI=1S/C11H21N3O3S/c1-4-14-9-11(7-10(14)8-12)18(15,16)13(2)5-6-17-3/h7,9H,4-6,8,12H2,1-3H3. The first-order chi connectivity index (χ1) is 8.47. The topological polar surface area (TPSA) is 77.6 Å². The van der Waals surface area contributed by atoms with E-state index in [2.05, 4.69) is 0 Å². The summed E-state index contributed by atoms with van der Waals surface area (Å²) < 4.78 is 32.5. The van der Waals surface area contributed by atoms with Crippen LogP contribution in [-0.4, -0.2) is 44.6 Å². The van der Waals surface area contributed by atoms with Crippen LogP contribution in [0.2, 0.25) is 0 Å². The molecule has 0 aliphatic heterocycles. The molecule has 0 radical (unpaired) electrons. The number of aryl methyl sites for hydroxylation is 1. The van der Waals surface area contributed by atoms with Gasteiger partial charge in [0.2, 0.25) is 10.0 Å². The van der Waals surface area contributed by atoms with Crippen molar-refractivity contribution >= 4 is 10.0 Å². The first-order valence-corrected chi connectivity index (χ1v) is 7.25. The highest BCUT2D eigenvalue weighted by Crippen LogP contribution is 2.17. The Morgan fingerprint density at radius 1 is 1.50 bits per heavy atom. The molecule has 1 heterocycles. The first kappa shape index (κ1) is 15.2. The van der Waals surface area contributed by atoms with Gasteiger partial charge >= 0.3 is 0 Å². The van der Waals surface area contributed by atoms with Crippen LogP contribution in [0.25, 0.3) is 0 Å². The average Bonchev–Trinajstić information content (AvgIpc) is 2.79. The molecule has 0 aliphatic carbocycles. The van der Waals surface area contributed by atoms with Gasteiger partial charge in [0.15, 0.2) is 0 Å². The van der Waals surface area contributed by atoms with E-state index in [0.29, 0.717) is 26.2 Å². The summed E-state index contributed by atoms with van der Waals surface area (Å²) in [6.45, 7) is 3.67. The Bertz CT molecular complexity index is 460. The number of methoxy groups -OCH3 is 1. The van der Waals surface area contributed by atoms with E-state index in [0.717, 1.165) is 5.69 Å². The summed E-state index contributed by atoms with van der Waals surface area (Å²) >= 11 is 0. The van der Waals surface area contributed by atoms with Crippen molar-refractivity contribution in [2.45, 2.75) is 24.9 Å². The second-order valence-electron chi connectivity index (χ2n) is 3.98. The highest BCUT2D eigenvalue weighted by molar-refractivity contribution is 7.89. The highest BCUT2D eigenvalue weighted by Gasteiger charge is 2.22. The molecule has 0 saturated heterocycles. The van der Waals surface area contributed by atoms with Gasteiger partial charge in [0.1, 0.15) is 4.90 Å². The maximum atomic E-state index is 12.3. The maximum Gasteiger partial charge on any atom is 0.244 e. The van der Waals surface area contributed by atoms with Crippen molar-refractivity contribution in [2.75, 3.05) is 27.3 Å². The third-order valence-corrected chi connectivity index (χ3v) is 4.65. The van der Waals surface area contributed by atoms with Gasteiger partial charge < -0.3 is 15.0 Å². The van der Waals surface area contributed by atoms with Crippen LogP contribution in [0.3, 0.4) is 0 Å². The Kier molecular flexibility index (Phi) is 5.33. The summed E-state index contributed by atoms with van der Waals surface area (Å²) in [4.78, 5) is 0.281. The molecule has 1 aromatic heterocycles. The van der Waals surface area contributed by atoms with Crippen LogP contribution < -0.4 is 5.73 Å². The molecule has 0 fully saturated rings. The number of hydrogen-bond donors (Lipinski definition) is 1. The molecule has 1 rings (SSSR count). The monoisotopic (exact) mass is 275 g/mol. The molecule has 2 N–H and O–H groups in total. The summed E-state index contributed by atoms with van der Waals surface area (Å²) in [5.74, 6) is 0. The normalized spacial score (nSPS) is 12.3. The minimum absolute atomic E-state index is 0.281. The van der Waals surface area contributed by atoms with Gasteiger partial charge in [-0.2, -0.15) is 4.31 Å². The molecule has 0 bridgehead atoms. The van der Waals surface area contributed by atoms with Crippen molar-refractivity contribution < 1.29 is 13.2 Å². The van der Waals surface area contributed by atoms with E-state index < -0.39 is 10.0 Å². The Hall–Kier alpha value is -0.890. The van der Waals surface area contributed by atoms with E-state index in [1.54, 1.807) is 26.4 Å². The van der Waals surface area contributed by atoms with Gasteiger partial charge in [-0.15, -0.1) is 0 Å². The van der Waals surface area contributed by atoms with Crippen molar-refractivity contribution in [3.05, 3.63) is 18.0 Å². The number of rotatable bonds is 7. The smallest absolute Gasteiger partial charge is 0.244 e.